The van der Waals surface area contributed by atoms with E-state index in [-0.39, 0.29) is 5.56 Å². The standard InChI is InChI=1S/C15H20FN3/c1-19-7-3-4-12(11-19)9-18-10-14-6-2-5-13(8-17)15(14)16/h2,5-6,12,18H,3-4,7,9-11H2,1H3. The Bertz CT molecular complexity index is 467. The molecule has 0 spiro atoms. The zero-order valence-corrected chi connectivity index (χ0v) is 11.3. The number of nitrogens with zero attached hydrogens (tertiary/aromatic N) is 2. The Labute approximate surface area is 114 Å². The molecule has 1 saturated heterocycles. The molecule has 1 aliphatic heterocycles. The summed E-state index contributed by atoms with van der Waals surface area (Å²) in [6, 6.07) is 6.84. The Kier molecular flexibility index (Phi) is 4.89. The van der Waals surface area contributed by atoms with Gasteiger partial charge in [0.05, 0.1) is 5.56 Å². The summed E-state index contributed by atoms with van der Waals surface area (Å²) in [4.78, 5) is 2.34. The van der Waals surface area contributed by atoms with Crippen molar-refractivity contribution in [3.8, 4) is 6.07 Å². The number of halogens is 1. The zero-order chi connectivity index (χ0) is 13.7. The van der Waals surface area contributed by atoms with Crippen LogP contribution in [-0.4, -0.2) is 31.6 Å². The summed E-state index contributed by atoms with van der Waals surface area (Å²) in [6.07, 6.45) is 2.47. The molecule has 0 aliphatic carbocycles. The molecule has 1 aliphatic rings. The van der Waals surface area contributed by atoms with Crippen LogP contribution < -0.4 is 5.32 Å². The summed E-state index contributed by atoms with van der Waals surface area (Å²) in [5.74, 6) is 0.249. The van der Waals surface area contributed by atoms with Crippen molar-refractivity contribution in [2.75, 3.05) is 26.7 Å². The van der Waals surface area contributed by atoms with Gasteiger partial charge in [0.15, 0.2) is 0 Å². The van der Waals surface area contributed by atoms with Gasteiger partial charge in [0.25, 0.3) is 0 Å². The van der Waals surface area contributed by atoms with Crippen molar-refractivity contribution < 1.29 is 4.39 Å². The molecule has 1 N–H and O–H groups in total. The lowest BCUT2D eigenvalue weighted by atomic mass is 9.98. The molecule has 1 aromatic rings. The number of rotatable bonds is 4. The topological polar surface area (TPSA) is 39.1 Å². The highest BCUT2D eigenvalue weighted by atomic mass is 19.1. The van der Waals surface area contributed by atoms with Gasteiger partial charge in [-0.25, -0.2) is 4.39 Å². The third-order valence-corrected chi connectivity index (χ3v) is 3.67. The molecule has 1 fully saturated rings. The third kappa shape index (κ3) is 3.76. The van der Waals surface area contributed by atoms with E-state index in [0.717, 1.165) is 13.1 Å². The van der Waals surface area contributed by atoms with Crippen LogP contribution in [0.2, 0.25) is 0 Å². The second kappa shape index (κ2) is 6.65. The van der Waals surface area contributed by atoms with Crippen molar-refractivity contribution in [1.29, 1.82) is 5.26 Å². The van der Waals surface area contributed by atoms with Gasteiger partial charge in [-0.05, 0) is 45.0 Å². The normalized spacial score (nSPS) is 20.2. The highest BCUT2D eigenvalue weighted by Gasteiger charge is 2.16. The second-order valence-electron chi connectivity index (χ2n) is 5.29. The number of nitrogens with one attached hydrogen (secondary N) is 1. The van der Waals surface area contributed by atoms with Crippen molar-refractivity contribution in [2.24, 2.45) is 5.92 Å². The lowest BCUT2D eigenvalue weighted by Gasteiger charge is -2.29. The number of likely N-dealkylation sites (tertiary alicyclic amines) is 1. The summed E-state index contributed by atoms with van der Waals surface area (Å²) in [6.45, 7) is 3.67. The van der Waals surface area contributed by atoms with Gasteiger partial charge in [0, 0.05) is 18.7 Å². The van der Waals surface area contributed by atoms with E-state index in [1.54, 1.807) is 12.1 Å². The molecule has 0 bridgehead atoms. The van der Waals surface area contributed by atoms with Crippen LogP contribution in [0.15, 0.2) is 18.2 Å². The Morgan fingerprint density at radius 1 is 1.53 bits per heavy atom. The smallest absolute Gasteiger partial charge is 0.145 e. The Hall–Kier alpha value is -1.44. The molecule has 0 radical (unpaired) electrons. The molecule has 0 saturated carbocycles. The van der Waals surface area contributed by atoms with Gasteiger partial charge in [0.2, 0.25) is 0 Å². The largest absolute Gasteiger partial charge is 0.312 e. The molecule has 4 heteroatoms. The van der Waals surface area contributed by atoms with E-state index in [9.17, 15) is 4.39 Å². The molecule has 0 aromatic heterocycles. The number of nitriles is 1. The van der Waals surface area contributed by atoms with E-state index in [1.165, 1.54) is 25.5 Å². The van der Waals surface area contributed by atoms with E-state index in [4.69, 9.17) is 5.26 Å². The van der Waals surface area contributed by atoms with Gasteiger partial charge in [-0.2, -0.15) is 5.26 Å². The Morgan fingerprint density at radius 2 is 2.37 bits per heavy atom. The molecule has 1 aromatic carbocycles. The molecule has 0 amide bonds. The first kappa shape index (κ1) is 14.0. The monoisotopic (exact) mass is 261 g/mol. The van der Waals surface area contributed by atoms with Crippen molar-refractivity contribution in [3.05, 3.63) is 35.1 Å². The van der Waals surface area contributed by atoms with Crippen LogP contribution in [0.3, 0.4) is 0 Å². The van der Waals surface area contributed by atoms with E-state index in [0.29, 0.717) is 18.0 Å². The summed E-state index contributed by atoms with van der Waals surface area (Å²) in [7, 11) is 2.14. The SMILES string of the molecule is CN1CCCC(CNCc2cccc(C#N)c2F)C1. The fraction of sp³-hybridized carbons (Fsp3) is 0.533. The molecule has 19 heavy (non-hydrogen) atoms. The second-order valence-corrected chi connectivity index (χ2v) is 5.29. The highest BCUT2D eigenvalue weighted by molar-refractivity contribution is 5.34. The van der Waals surface area contributed by atoms with Crippen LogP contribution in [-0.2, 0) is 6.54 Å². The van der Waals surface area contributed by atoms with Gasteiger partial charge < -0.3 is 10.2 Å². The predicted octanol–water partition coefficient (Wildman–Crippen LogP) is 2.13. The molecule has 1 unspecified atom stereocenters. The maximum atomic E-state index is 13.8. The van der Waals surface area contributed by atoms with Gasteiger partial charge in [0.1, 0.15) is 11.9 Å². The number of piperidine rings is 1. The highest BCUT2D eigenvalue weighted by Crippen LogP contribution is 2.15. The van der Waals surface area contributed by atoms with E-state index >= 15 is 0 Å². The minimum atomic E-state index is -0.390. The first-order chi connectivity index (χ1) is 9.20. The minimum absolute atomic E-state index is 0.122. The maximum Gasteiger partial charge on any atom is 0.145 e. The lowest BCUT2D eigenvalue weighted by Crippen LogP contribution is -2.37. The van der Waals surface area contributed by atoms with E-state index < -0.39 is 5.82 Å². The zero-order valence-electron chi connectivity index (χ0n) is 11.3. The van der Waals surface area contributed by atoms with Gasteiger partial charge in [-0.15, -0.1) is 0 Å². The van der Waals surface area contributed by atoms with Crippen molar-refractivity contribution in [3.63, 3.8) is 0 Å². The third-order valence-electron chi connectivity index (χ3n) is 3.67. The minimum Gasteiger partial charge on any atom is -0.312 e. The lowest BCUT2D eigenvalue weighted by molar-refractivity contribution is 0.206. The Morgan fingerprint density at radius 3 is 3.11 bits per heavy atom. The van der Waals surface area contributed by atoms with Crippen LogP contribution >= 0.6 is 0 Å². The fourth-order valence-electron chi connectivity index (χ4n) is 2.65. The van der Waals surface area contributed by atoms with Crippen LogP contribution in [0.4, 0.5) is 4.39 Å². The summed E-state index contributed by atoms with van der Waals surface area (Å²) >= 11 is 0. The molecular weight excluding hydrogens is 241 g/mol. The quantitative estimate of drug-likeness (QED) is 0.902. The van der Waals surface area contributed by atoms with Crippen molar-refractivity contribution in [1.82, 2.24) is 10.2 Å². The molecular formula is C15H20FN3. The van der Waals surface area contributed by atoms with Crippen LogP contribution in [0.25, 0.3) is 0 Å². The fourth-order valence-corrected chi connectivity index (χ4v) is 2.65. The maximum absolute atomic E-state index is 13.8. The molecule has 2 rings (SSSR count). The van der Waals surface area contributed by atoms with Gasteiger partial charge >= 0.3 is 0 Å². The van der Waals surface area contributed by atoms with Crippen LogP contribution in [0, 0.1) is 23.1 Å². The molecule has 1 atom stereocenters. The van der Waals surface area contributed by atoms with Crippen molar-refractivity contribution >= 4 is 0 Å². The first-order valence-corrected chi connectivity index (χ1v) is 6.77. The van der Waals surface area contributed by atoms with Gasteiger partial charge in [-0.3, -0.25) is 0 Å². The average Bonchev–Trinajstić information content (AvgIpc) is 2.41. The average molecular weight is 261 g/mol. The summed E-state index contributed by atoms with van der Waals surface area (Å²) in [5, 5.41) is 12.1. The molecule has 1 heterocycles. The summed E-state index contributed by atoms with van der Waals surface area (Å²) in [5.41, 5.74) is 0.694. The number of benzene rings is 1. The van der Waals surface area contributed by atoms with Crippen molar-refractivity contribution in [2.45, 2.75) is 19.4 Å². The van der Waals surface area contributed by atoms with Crippen LogP contribution in [0.1, 0.15) is 24.0 Å². The van der Waals surface area contributed by atoms with E-state index in [2.05, 4.69) is 17.3 Å². The summed E-state index contributed by atoms with van der Waals surface area (Å²) < 4.78 is 13.8. The van der Waals surface area contributed by atoms with Crippen LogP contribution in [0.5, 0.6) is 0 Å². The number of hydrogen-bond acceptors (Lipinski definition) is 3. The first-order valence-electron chi connectivity index (χ1n) is 6.77. The molecule has 102 valence electrons. The number of hydrogen-bond donors (Lipinski definition) is 1. The predicted molar refractivity (Wildman–Crippen MR) is 73.0 cm³/mol. The molecule has 3 nitrogen and oxygen atoms in total. The Balaban J connectivity index is 1.84. The van der Waals surface area contributed by atoms with E-state index in [1.807, 2.05) is 6.07 Å². The van der Waals surface area contributed by atoms with Gasteiger partial charge in [-0.1, -0.05) is 12.1 Å².